The maximum Gasteiger partial charge on any atom is 0.107 e. The third kappa shape index (κ3) is 2.48. The van der Waals surface area contributed by atoms with Crippen LogP contribution in [0.4, 0.5) is 0 Å². The van der Waals surface area contributed by atoms with Gasteiger partial charge in [-0.15, -0.1) is 0 Å². The van der Waals surface area contributed by atoms with Crippen molar-refractivity contribution in [3.8, 4) is 6.07 Å². The van der Waals surface area contributed by atoms with Crippen molar-refractivity contribution in [2.75, 3.05) is 6.54 Å². The van der Waals surface area contributed by atoms with Crippen LogP contribution < -0.4 is 5.32 Å². The van der Waals surface area contributed by atoms with Gasteiger partial charge in [-0.05, 0) is 37.6 Å². The summed E-state index contributed by atoms with van der Waals surface area (Å²) in [5, 5.41) is 12.6. The molecule has 0 aliphatic heterocycles. The molecule has 1 saturated carbocycles. The molecule has 0 spiro atoms. The summed E-state index contributed by atoms with van der Waals surface area (Å²) >= 11 is 0. The predicted octanol–water partition coefficient (Wildman–Crippen LogP) is 2.70. The van der Waals surface area contributed by atoms with Gasteiger partial charge in [0.2, 0.25) is 0 Å². The Morgan fingerprint density at radius 1 is 1.57 bits per heavy atom. The number of rotatable bonds is 3. The van der Waals surface area contributed by atoms with Crippen molar-refractivity contribution in [3.63, 3.8) is 0 Å². The summed E-state index contributed by atoms with van der Waals surface area (Å²) in [6.07, 6.45) is 4.56. The summed E-state index contributed by atoms with van der Waals surface area (Å²) in [5.41, 5.74) is -0.220. The highest BCUT2D eigenvalue weighted by Crippen LogP contribution is 2.35. The van der Waals surface area contributed by atoms with E-state index in [2.05, 4.69) is 32.2 Å². The largest absolute Gasteiger partial charge is 0.300 e. The van der Waals surface area contributed by atoms with Gasteiger partial charge in [-0.3, -0.25) is 5.32 Å². The lowest BCUT2D eigenvalue weighted by Crippen LogP contribution is -2.48. The molecule has 14 heavy (non-hydrogen) atoms. The zero-order chi connectivity index (χ0) is 10.6. The molecule has 1 aliphatic rings. The van der Waals surface area contributed by atoms with Crippen LogP contribution in [0.15, 0.2) is 0 Å². The summed E-state index contributed by atoms with van der Waals surface area (Å²) < 4.78 is 0. The lowest BCUT2D eigenvalue weighted by Gasteiger charge is -2.38. The summed E-state index contributed by atoms with van der Waals surface area (Å²) in [6, 6.07) is 2.49. The molecule has 2 atom stereocenters. The number of nitrogens with one attached hydrogen (secondary N) is 1. The summed E-state index contributed by atoms with van der Waals surface area (Å²) in [4.78, 5) is 0. The van der Waals surface area contributed by atoms with Gasteiger partial charge in [0.05, 0.1) is 6.07 Å². The third-order valence-corrected chi connectivity index (χ3v) is 3.46. The van der Waals surface area contributed by atoms with E-state index < -0.39 is 0 Å². The lowest BCUT2D eigenvalue weighted by molar-refractivity contribution is 0.191. The van der Waals surface area contributed by atoms with Crippen LogP contribution in [0.5, 0.6) is 0 Å². The van der Waals surface area contributed by atoms with Crippen LogP contribution in [0.25, 0.3) is 0 Å². The molecule has 2 nitrogen and oxygen atoms in total. The molecule has 0 aromatic carbocycles. The minimum atomic E-state index is -0.220. The smallest absolute Gasteiger partial charge is 0.107 e. The van der Waals surface area contributed by atoms with Crippen molar-refractivity contribution < 1.29 is 0 Å². The molecule has 1 rings (SSSR count). The van der Waals surface area contributed by atoms with Crippen molar-refractivity contribution in [1.29, 1.82) is 5.26 Å². The molecule has 80 valence electrons. The van der Waals surface area contributed by atoms with Crippen molar-refractivity contribution >= 4 is 0 Å². The third-order valence-electron chi connectivity index (χ3n) is 3.46. The first-order chi connectivity index (χ1) is 6.63. The zero-order valence-corrected chi connectivity index (χ0v) is 9.64. The van der Waals surface area contributed by atoms with E-state index in [-0.39, 0.29) is 5.54 Å². The first kappa shape index (κ1) is 11.5. The SMILES string of the molecule is CCNC1(C#N)CCCC(C(C)C)C1. The Bertz CT molecular complexity index is 213. The molecule has 0 saturated heterocycles. The van der Waals surface area contributed by atoms with E-state index in [1.807, 2.05) is 0 Å². The van der Waals surface area contributed by atoms with Gasteiger partial charge in [-0.1, -0.05) is 27.2 Å². The Kier molecular flexibility index (Phi) is 3.95. The Balaban J connectivity index is 2.65. The average Bonchev–Trinajstić information content (AvgIpc) is 2.18. The molecule has 2 heteroatoms. The second kappa shape index (κ2) is 4.79. The summed E-state index contributed by atoms with van der Waals surface area (Å²) in [6.45, 7) is 7.52. The van der Waals surface area contributed by atoms with E-state index in [1.54, 1.807) is 0 Å². The Morgan fingerprint density at radius 2 is 2.29 bits per heavy atom. The van der Waals surface area contributed by atoms with Crippen molar-refractivity contribution in [2.24, 2.45) is 11.8 Å². The standard InChI is InChI=1S/C12H22N2/c1-4-14-12(9-13)7-5-6-11(8-12)10(2)3/h10-11,14H,4-8H2,1-3H3. The van der Waals surface area contributed by atoms with Crippen LogP contribution in [-0.2, 0) is 0 Å². The second-order valence-corrected chi connectivity index (χ2v) is 4.82. The monoisotopic (exact) mass is 194 g/mol. The molecule has 0 bridgehead atoms. The summed E-state index contributed by atoms with van der Waals surface area (Å²) in [7, 11) is 0. The van der Waals surface area contributed by atoms with Gasteiger partial charge in [-0.2, -0.15) is 5.26 Å². The Labute approximate surface area is 87.7 Å². The van der Waals surface area contributed by atoms with E-state index in [9.17, 15) is 5.26 Å². The predicted molar refractivity (Wildman–Crippen MR) is 58.8 cm³/mol. The van der Waals surface area contributed by atoms with Gasteiger partial charge in [0.1, 0.15) is 5.54 Å². The number of hydrogen-bond donors (Lipinski definition) is 1. The van der Waals surface area contributed by atoms with Crippen LogP contribution in [0.2, 0.25) is 0 Å². The molecule has 1 aliphatic carbocycles. The second-order valence-electron chi connectivity index (χ2n) is 4.82. The highest BCUT2D eigenvalue weighted by molar-refractivity contribution is 5.09. The highest BCUT2D eigenvalue weighted by Gasteiger charge is 2.36. The fraction of sp³-hybridized carbons (Fsp3) is 0.917. The van der Waals surface area contributed by atoms with Gasteiger partial charge in [-0.25, -0.2) is 0 Å². The van der Waals surface area contributed by atoms with E-state index >= 15 is 0 Å². The molecule has 0 amide bonds. The molecular formula is C12H22N2. The van der Waals surface area contributed by atoms with Gasteiger partial charge < -0.3 is 0 Å². The van der Waals surface area contributed by atoms with Crippen LogP contribution >= 0.6 is 0 Å². The summed E-state index contributed by atoms with van der Waals surface area (Å²) in [5.74, 6) is 1.43. The molecular weight excluding hydrogens is 172 g/mol. The number of nitrogens with zero attached hydrogens (tertiary/aromatic N) is 1. The van der Waals surface area contributed by atoms with E-state index in [0.717, 1.165) is 25.3 Å². The quantitative estimate of drug-likeness (QED) is 0.750. The van der Waals surface area contributed by atoms with E-state index in [1.165, 1.54) is 12.8 Å². The van der Waals surface area contributed by atoms with Gasteiger partial charge >= 0.3 is 0 Å². The number of hydrogen-bond acceptors (Lipinski definition) is 2. The molecule has 1 N–H and O–H groups in total. The van der Waals surface area contributed by atoms with Crippen LogP contribution in [0.1, 0.15) is 46.5 Å². The Morgan fingerprint density at radius 3 is 2.79 bits per heavy atom. The van der Waals surface area contributed by atoms with E-state index in [4.69, 9.17) is 0 Å². The van der Waals surface area contributed by atoms with Gasteiger partial charge in [0, 0.05) is 0 Å². The highest BCUT2D eigenvalue weighted by atomic mass is 15.0. The number of nitriles is 1. The molecule has 0 aromatic heterocycles. The molecule has 1 fully saturated rings. The fourth-order valence-electron chi connectivity index (χ4n) is 2.53. The first-order valence-corrected chi connectivity index (χ1v) is 5.80. The molecule has 0 heterocycles. The topological polar surface area (TPSA) is 35.8 Å². The first-order valence-electron chi connectivity index (χ1n) is 5.80. The van der Waals surface area contributed by atoms with Crippen LogP contribution in [0.3, 0.4) is 0 Å². The minimum Gasteiger partial charge on any atom is -0.300 e. The van der Waals surface area contributed by atoms with Crippen molar-refractivity contribution in [1.82, 2.24) is 5.32 Å². The fourth-order valence-corrected chi connectivity index (χ4v) is 2.53. The maximum absolute atomic E-state index is 9.26. The normalized spacial score (nSPS) is 32.9. The zero-order valence-electron chi connectivity index (χ0n) is 9.64. The Hall–Kier alpha value is -0.550. The van der Waals surface area contributed by atoms with Crippen molar-refractivity contribution in [2.45, 2.75) is 52.0 Å². The molecule has 2 unspecified atom stereocenters. The van der Waals surface area contributed by atoms with E-state index in [0.29, 0.717) is 5.92 Å². The van der Waals surface area contributed by atoms with Gasteiger partial charge in [0.25, 0.3) is 0 Å². The molecule has 0 aromatic rings. The van der Waals surface area contributed by atoms with Crippen LogP contribution in [-0.4, -0.2) is 12.1 Å². The van der Waals surface area contributed by atoms with Crippen LogP contribution in [0, 0.1) is 23.2 Å². The van der Waals surface area contributed by atoms with Gasteiger partial charge in [0.15, 0.2) is 0 Å². The lowest BCUT2D eigenvalue weighted by atomic mass is 9.72. The molecule has 0 radical (unpaired) electrons. The van der Waals surface area contributed by atoms with Crippen molar-refractivity contribution in [3.05, 3.63) is 0 Å². The minimum absolute atomic E-state index is 0.220. The average molecular weight is 194 g/mol. The maximum atomic E-state index is 9.26.